The zero-order valence-corrected chi connectivity index (χ0v) is 15.1. The average molecular weight is 381 g/mol. The number of benzene rings is 1. The van der Waals surface area contributed by atoms with Crippen molar-refractivity contribution >= 4 is 17.8 Å². The van der Waals surface area contributed by atoms with E-state index in [1.807, 2.05) is 0 Å². The lowest BCUT2D eigenvalue weighted by atomic mass is 9.82. The third-order valence-corrected chi connectivity index (χ3v) is 5.22. The topological polar surface area (TPSA) is 95.1 Å². The third kappa shape index (κ3) is 3.92. The highest BCUT2D eigenvalue weighted by atomic mass is 19.1. The Kier molecular flexibility index (Phi) is 5.41. The minimum atomic E-state index is -0.906. The lowest BCUT2D eigenvalue weighted by Gasteiger charge is -2.30. The number of hydrogen-bond donors (Lipinski definition) is 3. The lowest BCUT2D eigenvalue weighted by molar-refractivity contribution is -0.682. The molecule has 27 heavy (non-hydrogen) atoms. The van der Waals surface area contributed by atoms with Crippen molar-refractivity contribution in [1.82, 2.24) is 15.8 Å². The molecule has 1 spiro atoms. The van der Waals surface area contributed by atoms with E-state index in [1.165, 1.54) is 6.07 Å². The van der Waals surface area contributed by atoms with Crippen molar-refractivity contribution in [3.8, 4) is 0 Å². The van der Waals surface area contributed by atoms with Crippen LogP contribution in [0.3, 0.4) is 0 Å². The van der Waals surface area contributed by atoms with Crippen LogP contribution in [0.15, 0.2) is 18.2 Å². The molecular formula is C18H23F2N4O3+. The smallest absolute Gasteiger partial charge is 0.332 e. The van der Waals surface area contributed by atoms with Crippen molar-refractivity contribution in [2.24, 2.45) is 0 Å². The highest BCUT2D eigenvalue weighted by Crippen LogP contribution is 2.32. The second-order valence-electron chi connectivity index (χ2n) is 7.14. The van der Waals surface area contributed by atoms with Gasteiger partial charge in [-0.25, -0.2) is 13.6 Å². The summed E-state index contributed by atoms with van der Waals surface area (Å²) >= 11 is 0. The first-order valence-electron chi connectivity index (χ1n) is 9.07. The van der Waals surface area contributed by atoms with Gasteiger partial charge in [-0.05, 0) is 31.9 Å². The highest BCUT2D eigenvalue weighted by molar-refractivity contribution is 6.08. The summed E-state index contributed by atoms with van der Waals surface area (Å²) < 4.78 is 26.8. The molecule has 9 heteroatoms. The molecule has 1 aliphatic carbocycles. The van der Waals surface area contributed by atoms with E-state index in [9.17, 15) is 23.2 Å². The number of carbonyl (C=O) groups excluding carboxylic acids is 3. The number of hydrazine groups is 1. The summed E-state index contributed by atoms with van der Waals surface area (Å²) in [5, 5.41) is 4.99. The van der Waals surface area contributed by atoms with E-state index in [0.717, 1.165) is 36.4 Å². The molecule has 146 valence electrons. The zero-order valence-electron chi connectivity index (χ0n) is 15.1. The quantitative estimate of drug-likeness (QED) is 0.661. The molecule has 0 radical (unpaired) electrons. The van der Waals surface area contributed by atoms with Crippen LogP contribution in [0.2, 0.25) is 0 Å². The SMILES string of the molecule is C[C@H]([NH2+]CC(=O)NN1C(=O)NC2(CCCCC2)C1=O)c1ccc(F)cc1F. The number of amides is 4. The molecule has 1 aromatic rings. The maximum atomic E-state index is 13.8. The first-order chi connectivity index (χ1) is 12.8. The summed E-state index contributed by atoms with van der Waals surface area (Å²) in [6.07, 6.45) is 3.85. The predicted molar refractivity (Wildman–Crippen MR) is 90.9 cm³/mol. The molecule has 1 atom stereocenters. The first kappa shape index (κ1) is 19.2. The number of quaternary nitrogens is 1. The Bertz CT molecular complexity index is 765. The van der Waals surface area contributed by atoms with Crippen molar-refractivity contribution < 1.29 is 28.5 Å². The second kappa shape index (κ2) is 7.59. The van der Waals surface area contributed by atoms with Gasteiger partial charge in [-0.2, -0.15) is 5.01 Å². The van der Waals surface area contributed by atoms with Crippen LogP contribution < -0.4 is 16.1 Å². The van der Waals surface area contributed by atoms with Crippen LogP contribution in [-0.4, -0.2) is 34.9 Å². The number of rotatable bonds is 5. The van der Waals surface area contributed by atoms with Gasteiger partial charge in [0.05, 0.1) is 0 Å². The minimum absolute atomic E-state index is 0.123. The third-order valence-electron chi connectivity index (χ3n) is 5.22. The van der Waals surface area contributed by atoms with Gasteiger partial charge in [-0.1, -0.05) is 19.3 Å². The number of carbonyl (C=O) groups is 3. The number of nitrogens with zero attached hydrogens (tertiary/aromatic N) is 1. The number of halogens is 2. The summed E-state index contributed by atoms with van der Waals surface area (Å²) in [6, 6.07) is 2.20. The van der Waals surface area contributed by atoms with Crippen molar-refractivity contribution in [2.75, 3.05) is 6.54 Å². The summed E-state index contributed by atoms with van der Waals surface area (Å²) in [7, 11) is 0. The zero-order chi connectivity index (χ0) is 19.6. The maximum Gasteiger partial charge on any atom is 0.344 e. The van der Waals surface area contributed by atoms with Crippen LogP contribution >= 0.6 is 0 Å². The molecule has 1 saturated carbocycles. The monoisotopic (exact) mass is 381 g/mol. The molecule has 1 aliphatic heterocycles. The molecule has 0 unspecified atom stereocenters. The molecular weight excluding hydrogens is 358 g/mol. The maximum absolute atomic E-state index is 13.8. The first-order valence-corrected chi connectivity index (χ1v) is 9.07. The summed E-state index contributed by atoms with van der Waals surface area (Å²) in [5.41, 5.74) is 1.69. The molecule has 2 aliphatic rings. The fourth-order valence-electron chi connectivity index (χ4n) is 3.67. The number of urea groups is 1. The summed E-state index contributed by atoms with van der Waals surface area (Å²) in [4.78, 5) is 36.9. The minimum Gasteiger partial charge on any atom is -0.332 e. The fraction of sp³-hybridized carbons (Fsp3) is 0.500. The molecule has 3 rings (SSSR count). The number of nitrogens with two attached hydrogens (primary N) is 1. The van der Waals surface area contributed by atoms with E-state index in [0.29, 0.717) is 12.8 Å². The van der Waals surface area contributed by atoms with Crippen molar-refractivity contribution in [1.29, 1.82) is 0 Å². The van der Waals surface area contributed by atoms with Gasteiger partial charge < -0.3 is 10.6 Å². The van der Waals surface area contributed by atoms with E-state index in [1.54, 1.807) is 12.2 Å². The Labute approximate surface area is 155 Å². The molecule has 0 bridgehead atoms. The second-order valence-corrected chi connectivity index (χ2v) is 7.14. The van der Waals surface area contributed by atoms with Crippen LogP contribution in [0.5, 0.6) is 0 Å². The summed E-state index contributed by atoms with van der Waals surface area (Å²) in [5.74, 6) is -2.34. The van der Waals surface area contributed by atoms with Crippen LogP contribution in [0.25, 0.3) is 0 Å². The lowest BCUT2D eigenvalue weighted by Crippen LogP contribution is -2.87. The molecule has 2 fully saturated rings. The Hall–Kier alpha value is -2.55. The van der Waals surface area contributed by atoms with Crippen molar-refractivity contribution in [3.05, 3.63) is 35.4 Å². The van der Waals surface area contributed by atoms with Gasteiger partial charge in [-0.15, -0.1) is 0 Å². The predicted octanol–water partition coefficient (Wildman–Crippen LogP) is 0.875. The number of hydrogen-bond acceptors (Lipinski definition) is 3. The van der Waals surface area contributed by atoms with E-state index < -0.39 is 41.1 Å². The fourth-order valence-corrected chi connectivity index (χ4v) is 3.67. The van der Waals surface area contributed by atoms with Crippen LogP contribution in [0.4, 0.5) is 13.6 Å². The normalized spacial score (nSPS) is 19.9. The Morgan fingerprint density at radius 1 is 1.30 bits per heavy atom. The van der Waals surface area contributed by atoms with E-state index in [4.69, 9.17) is 0 Å². The standard InChI is InChI=1S/C18H22F2N4O3/c1-11(13-6-5-12(19)9-14(13)20)21-10-15(25)23-24-16(26)18(22-17(24)27)7-3-2-4-8-18/h5-6,9,11,21H,2-4,7-8,10H2,1H3,(H,22,27)(H,23,25)/p+1/t11-/m0/s1. The highest BCUT2D eigenvalue weighted by Gasteiger charge is 2.52. The van der Waals surface area contributed by atoms with Crippen LogP contribution in [0.1, 0.15) is 50.6 Å². The molecule has 7 nitrogen and oxygen atoms in total. The number of nitrogens with one attached hydrogen (secondary N) is 2. The van der Waals surface area contributed by atoms with Crippen molar-refractivity contribution in [2.45, 2.75) is 50.6 Å². The molecule has 1 heterocycles. The van der Waals surface area contributed by atoms with Gasteiger partial charge in [0.1, 0.15) is 23.2 Å². The summed E-state index contributed by atoms with van der Waals surface area (Å²) in [6.45, 7) is 1.55. The van der Waals surface area contributed by atoms with Gasteiger partial charge in [0.2, 0.25) is 0 Å². The molecule has 1 aromatic carbocycles. The van der Waals surface area contributed by atoms with Gasteiger partial charge in [0.15, 0.2) is 6.54 Å². The Balaban J connectivity index is 1.56. The van der Waals surface area contributed by atoms with Gasteiger partial charge in [-0.3, -0.25) is 15.0 Å². The van der Waals surface area contributed by atoms with Crippen molar-refractivity contribution in [3.63, 3.8) is 0 Å². The number of imide groups is 1. The van der Waals surface area contributed by atoms with Gasteiger partial charge in [0.25, 0.3) is 11.8 Å². The molecule has 4 N–H and O–H groups in total. The van der Waals surface area contributed by atoms with Crippen LogP contribution in [-0.2, 0) is 9.59 Å². The Morgan fingerprint density at radius 2 is 2.00 bits per heavy atom. The van der Waals surface area contributed by atoms with E-state index in [-0.39, 0.29) is 12.1 Å². The molecule has 4 amide bonds. The van der Waals surface area contributed by atoms with Gasteiger partial charge in [0, 0.05) is 11.6 Å². The van der Waals surface area contributed by atoms with E-state index in [2.05, 4.69) is 10.7 Å². The Morgan fingerprint density at radius 3 is 2.67 bits per heavy atom. The van der Waals surface area contributed by atoms with E-state index >= 15 is 0 Å². The molecule has 0 aromatic heterocycles. The molecule has 1 saturated heterocycles. The van der Waals surface area contributed by atoms with Crippen LogP contribution in [0, 0.1) is 11.6 Å². The largest absolute Gasteiger partial charge is 0.344 e. The average Bonchev–Trinajstić information content (AvgIpc) is 2.84. The van der Waals surface area contributed by atoms with Gasteiger partial charge >= 0.3 is 6.03 Å².